The van der Waals surface area contributed by atoms with Crippen LogP contribution in [-0.2, 0) is 13.6 Å². The zero-order chi connectivity index (χ0) is 18.1. The van der Waals surface area contributed by atoms with Gasteiger partial charge >= 0.3 is 0 Å². The summed E-state index contributed by atoms with van der Waals surface area (Å²) >= 11 is 0. The van der Waals surface area contributed by atoms with E-state index in [1.54, 1.807) is 0 Å². The summed E-state index contributed by atoms with van der Waals surface area (Å²) in [5, 5.41) is 0. The lowest BCUT2D eigenvalue weighted by atomic mass is 9.88. The van der Waals surface area contributed by atoms with Gasteiger partial charge < -0.3 is 13.6 Å². The molecular weight excluding hydrogens is 344 g/mol. The molecule has 0 N–H and O–H groups in total. The summed E-state index contributed by atoms with van der Waals surface area (Å²) in [4.78, 5) is 0. The predicted molar refractivity (Wildman–Crippen MR) is 109 cm³/mol. The maximum absolute atomic E-state index is 6.87. The first-order valence-corrected chi connectivity index (χ1v) is 16.9. The van der Waals surface area contributed by atoms with E-state index in [1.165, 1.54) is 57.0 Å². The van der Waals surface area contributed by atoms with E-state index in [2.05, 4.69) is 33.1 Å². The summed E-state index contributed by atoms with van der Waals surface area (Å²) in [5.41, 5.74) is 0. The summed E-state index contributed by atoms with van der Waals surface area (Å²) in [6.07, 6.45) is 11.0. The minimum Gasteiger partial charge on any atom is -0.455 e. The second-order valence-electron chi connectivity index (χ2n) is 10.2. The smallest absolute Gasteiger partial charge is 0.173 e. The molecule has 4 unspecified atom stereocenters. The Kier molecular flexibility index (Phi) is 6.52. The summed E-state index contributed by atoms with van der Waals surface area (Å²) in [5.74, 6) is 1.66. The van der Waals surface area contributed by atoms with E-state index in [0.29, 0.717) is 18.3 Å². The molecule has 2 heterocycles. The molecule has 5 atom stereocenters. The van der Waals surface area contributed by atoms with Gasteiger partial charge in [0, 0.05) is 6.61 Å². The first-order chi connectivity index (χ1) is 11.7. The molecule has 2 saturated heterocycles. The van der Waals surface area contributed by atoms with E-state index in [1.807, 2.05) is 0 Å². The lowest BCUT2D eigenvalue weighted by Crippen LogP contribution is -2.44. The van der Waals surface area contributed by atoms with Gasteiger partial charge in [-0.3, -0.25) is 0 Å². The molecule has 0 spiro atoms. The molecule has 1 aliphatic carbocycles. The number of rotatable bonds is 8. The van der Waals surface area contributed by atoms with Crippen molar-refractivity contribution in [3.05, 3.63) is 0 Å². The second-order valence-corrected chi connectivity index (χ2v) is 19.0. The second kappa shape index (κ2) is 8.13. The van der Waals surface area contributed by atoms with Crippen LogP contribution in [0.2, 0.25) is 38.3 Å². The van der Waals surface area contributed by atoms with Crippen molar-refractivity contribution >= 4 is 16.6 Å². The standard InChI is InChI=1S/C20H40O3Si2/c1-16-6-7-18(15-21-16)11-13-25(4,5)23-24(2,3)12-10-17-8-9-19-20(14-17)22-19/h16-20H,6-15H2,1-5H3/t16?,17?,18-,19?,20?/m1/s1. The minimum atomic E-state index is -1.55. The molecule has 0 bridgehead atoms. The van der Waals surface area contributed by atoms with E-state index < -0.39 is 16.6 Å². The Bertz CT molecular complexity index is 433. The molecule has 5 heteroatoms. The molecule has 2 aliphatic heterocycles. The highest BCUT2D eigenvalue weighted by Gasteiger charge is 2.44. The van der Waals surface area contributed by atoms with Crippen molar-refractivity contribution in [1.82, 2.24) is 0 Å². The first-order valence-electron chi connectivity index (χ1n) is 10.7. The summed E-state index contributed by atoms with van der Waals surface area (Å²) in [6, 6.07) is 2.63. The number of ether oxygens (including phenoxy) is 2. The van der Waals surface area contributed by atoms with Crippen molar-refractivity contribution in [1.29, 1.82) is 0 Å². The van der Waals surface area contributed by atoms with Crippen LogP contribution in [0, 0.1) is 11.8 Å². The van der Waals surface area contributed by atoms with Crippen LogP contribution in [0.25, 0.3) is 0 Å². The molecule has 0 aromatic rings. The maximum Gasteiger partial charge on any atom is 0.173 e. The third-order valence-corrected chi connectivity index (χ3v) is 14.0. The van der Waals surface area contributed by atoms with E-state index in [9.17, 15) is 0 Å². The molecule has 146 valence electrons. The highest BCUT2D eigenvalue weighted by molar-refractivity contribution is 6.84. The normalized spacial score (nSPS) is 36.1. The fraction of sp³-hybridized carbons (Fsp3) is 1.00. The van der Waals surface area contributed by atoms with Crippen molar-refractivity contribution in [3.8, 4) is 0 Å². The quantitative estimate of drug-likeness (QED) is 0.404. The van der Waals surface area contributed by atoms with Gasteiger partial charge in [0.1, 0.15) is 0 Å². The van der Waals surface area contributed by atoms with Crippen molar-refractivity contribution in [3.63, 3.8) is 0 Å². The topological polar surface area (TPSA) is 31.0 Å². The molecule has 0 aromatic carbocycles. The van der Waals surface area contributed by atoms with Crippen LogP contribution in [0.3, 0.4) is 0 Å². The Morgan fingerprint density at radius 1 is 0.840 bits per heavy atom. The molecule has 25 heavy (non-hydrogen) atoms. The van der Waals surface area contributed by atoms with Gasteiger partial charge in [0.05, 0.1) is 18.3 Å². The molecule has 3 nitrogen and oxygen atoms in total. The Hall–Kier alpha value is 0.314. The average molecular weight is 385 g/mol. The zero-order valence-corrected chi connectivity index (χ0v) is 19.2. The van der Waals surface area contributed by atoms with Gasteiger partial charge in [-0.25, -0.2) is 0 Å². The Labute approximate surface area is 157 Å². The number of hydrogen-bond donors (Lipinski definition) is 0. The van der Waals surface area contributed by atoms with Gasteiger partial charge in [0.25, 0.3) is 0 Å². The third kappa shape index (κ3) is 6.45. The molecule has 3 rings (SSSR count). The lowest BCUT2D eigenvalue weighted by Gasteiger charge is -2.36. The van der Waals surface area contributed by atoms with Crippen LogP contribution >= 0.6 is 0 Å². The van der Waals surface area contributed by atoms with Gasteiger partial charge in [-0.2, -0.15) is 0 Å². The van der Waals surface area contributed by atoms with Gasteiger partial charge in [-0.05, 0) is 95.6 Å². The molecule has 0 radical (unpaired) electrons. The van der Waals surface area contributed by atoms with Crippen LogP contribution in [-0.4, -0.2) is 41.6 Å². The van der Waals surface area contributed by atoms with Crippen molar-refractivity contribution in [2.24, 2.45) is 11.8 Å². The lowest BCUT2D eigenvalue weighted by molar-refractivity contribution is -0.00593. The highest BCUT2D eigenvalue weighted by Crippen LogP contribution is 2.42. The molecule has 0 aromatic heterocycles. The molecular formula is C20H40O3Si2. The van der Waals surface area contributed by atoms with Crippen molar-refractivity contribution in [2.45, 2.75) is 108 Å². The monoisotopic (exact) mass is 384 g/mol. The maximum atomic E-state index is 6.87. The fourth-order valence-corrected chi connectivity index (χ4v) is 13.9. The minimum absolute atomic E-state index is 0.472. The first kappa shape index (κ1) is 20.1. The van der Waals surface area contributed by atoms with Crippen LogP contribution < -0.4 is 0 Å². The van der Waals surface area contributed by atoms with E-state index >= 15 is 0 Å². The van der Waals surface area contributed by atoms with E-state index in [4.69, 9.17) is 13.6 Å². The fourth-order valence-electron chi connectivity index (χ4n) is 4.87. The van der Waals surface area contributed by atoms with Crippen molar-refractivity contribution < 1.29 is 13.6 Å². The van der Waals surface area contributed by atoms with Crippen LogP contribution in [0.4, 0.5) is 0 Å². The zero-order valence-electron chi connectivity index (χ0n) is 17.2. The predicted octanol–water partition coefficient (Wildman–Crippen LogP) is 5.58. The van der Waals surface area contributed by atoms with Crippen LogP contribution in [0.5, 0.6) is 0 Å². The van der Waals surface area contributed by atoms with Gasteiger partial charge in [-0.15, -0.1) is 0 Å². The molecule has 3 fully saturated rings. The van der Waals surface area contributed by atoms with Gasteiger partial charge in [0.2, 0.25) is 0 Å². The molecule has 0 amide bonds. The number of fused-ring (bicyclic) bond motifs is 1. The summed E-state index contributed by atoms with van der Waals surface area (Å²) < 4.78 is 18.4. The summed E-state index contributed by atoms with van der Waals surface area (Å²) in [7, 11) is -3.09. The Morgan fingerprint density at radius 2 is 1.48 bits per heavy atom. The van der Waals surface area contributed by atoms with Crippen molar-refractivity contribution in [2.75, 3.05) is 6.61 Å². The third-order valence-electron chi connectivity index (χ3n) is 6.57. The Balaban J connectivity index is 1.37. The largest absolute Gasteiger partial charge is 0.455 e. The van der Waals surface area contributed by atoms with E-state index in [0.717, 1.165) is 18.4 Å². The number of epoxide rings is 1. The molecule has 1 saturated carbocycles. The molecule has 3 aliphatic rings. The highest BCUT2D eigenvalue weighted by atomic mass is 28.4. The van der Waals surface area contributed by atoms with Crippen LogP contribution in [0.1, 0.15) is 51.9 Å². The average Bonchev–Trinajstić information content (AvgIpc) is 3.30. The number of hydrogen-bond acceptors (Lipinski definition) is 3. The summed E-state index contributed by atoms with van der Waals surface area (Å²) in [6.45, 7) is 13.0. The van der Waals surface area contributed by atoms with E-state index in [-0.39, 0.29) is 0 Å². The van der Waals surface area contributed by atoms with Crippen LogP contribution in [0.15, 0.2) is 0 Å². The SMILES string of the molecule is CC1CC[C@H](CC[Si](C)(C)O[Si](C)(C)CCC2CCC3OC3C2)CO1. The van der Waals surface area contributed by atoms with Gasteiger partial charge in [0.15, 0.2) is 16.6 Å². The Morgan fingerprint density at radius 3 is 2.08 bits per heavy atom. The van der Waals surface area contributed by atoms with Gasteiger partial charge in [-0.1, -0.05) is 6.42 Å².